The molecule has 0 aliphatic heterocycles. The Labute approximate surface area is 375 Å². The predicted molar refractivity (Wildman–Crippen MR) is 260 cm³/mol. The monoisotopic (exact) mass is 847 g/mol. The number of esters is 3. The molecule has 1 atom stereocenters. The first-order valence-electron chi connectivity index (χ1n) is 24.7. The highest BCUT2D eigenvalue weighted by Gasteiger charge is 2.19. The Balaban J connectivity index is 4.19. The molecule has 0 spiro atoms. The van der Waals surface area contributed by atoms with Crippen molar-refractivity contribution in [2.24, 2.45) is 0 Å². The minimum absolute atomic E-state index is 0.0900. The lowest BCUT2D eigenvalue weighted by atomic mass is 10.1. The van der Waals surface area contributed by atoms with Crippen LogP contribution in [0.5, 0.6) is 0 Å². The van der Waals surface area contributed by atoms with Crippen LogP contribution in [0, 0.1) is 0 Å². The van der Waals surface area contributed by atoms with Crippen LogP contribution in [0.15, 0.2) is 97.2 Å². The molecule has 0 saturated carbocycles. The van der Waals surface area contributed by atoms with Crippen molar-refractivity contribution < 1.29 is 28.6 Å². The zero-order valence-electron chi connectivity index (χ0n) is 39.4. The van der Waals surface area contributed by atoms with Gasteiger partial charge in [0.15, 0.2) is 6.10 Å². The minimum Gasteiger partial charge on any atom is -0.462 e. The van der Waals surface area contributed by atoms with Gasteiger partial charge in [-0.25, -0.2) is 0 Å². The van der Waals surface area contributed by atoms with Crippen LogP contribution < -0.4 is 0 Å². The van der Waals surface area contributed by atoms with Gasteiger partial charge in [0.2, 0.25) is 0 Å². The zero-order chi connectivity index (χ0) is 44.4. The zero-order valence-corrected chi connectivity index (χ0v) is 39.4. The highest BCUT2D eigenvalue weighted by molar-refractivity contribution is 5.71. The number of hydrogen-bond acceptors (Lipinski definition) is 6. The van der Waals surface area contributed by atoms with Crippen molar-refractivity contribution in [2.45, 2.75) is 219 Å². The van der Waals surface area contributed by atoms with Crippen molar-refractivity contribution >= 4 is 17.9 Å². The molecule has 0 amide bonds. The predicted octanol–water partition coefficient (Wildman–Crippen LogP) is 16.2. The number of carbonyl (C=O) groups is 3. The average molecular weight is 847 g/mol. The van der Waals surface area contributed by atoms with Gasteiger partial charge in [-0.3, -0.25) is 14.4 Å². The van der Waals surface area contributed by atoms with Gasteiger partial charge >= 0.3 is 17.9 Å². The highest BCUT2D eigenvalue weighted by Crippen LogP contribution is 2.13. The molecule has 0 aromatic heterocycles. The third kappa shape index (κ3) is 47.2. The smallest absolute Gasteiger partial charge is 0.306 e. The molecule has 0 radical (unpaired) electrons. The SMILES string of the molecule is CC/C=C\C/C=C\C/C=C\C/C=C\C/C=C\C/C=C\CCCCCCCCC(=O)OCC(COC(=O)CCCCCCC)OC(=O)CCCCCCC/C=C\C/C=C\CCC. The topological polar surface area (TPSA) is 78.9 Å². The van der Waals surface area contributed by atoms with Crippen molar-refractivity contribution in [2.75, 3.05) is 13.2 Å². The fourth-order valence-electron chi connectivity index (χ4n) is 6.36. The first-order valence-corrected chi connectivity index (χ1v) is 24.7. The molecule has 0 aliphatic carbocycles. The lowest BCUT2D eigenvalue weighted by molar-refractivity contribution is -0.167. The summed E-state index contributed by atoms with van der Waals surface area (Å²) in [5, 5.41) is 0. The van der Waals surface area contributed by atoms with Gasteiger partial charge in [-0.15, -0.1) is 0 Å². The summed E-state index contributed by atoms with van der Waals surface area (Å²) in [7, 11) is 0. The lowest BCUT2D eigenvalue weighted by Crippen LogP contribution is -2.30. The lowest BCUT2D eigenvalue weighted by Gasteiger charge is -2.18. The number of allylic oxidation sites excluding steroid dienone is 16. The van der Waals surface area contributed by atoms with Crippen LogP contribution in [0.2, 0.25) is 0 Å². The van der Waals surface area contributed by atoms with E-state index in [4.69, 9.17) is 14.2 Å². The summed E-state index contributed by atoms with van der Waals surface area (Å²) in [4.78, 5) is 37.6. The summed E-state index contributed by atoms with van der Waals surface area (Å²) in [5.41, 5.74) is 0. The maximum Gasteiger partial charge on any atom is 0.306 e. The summed E-state index contributed by atoms with van der Waals surface area (Å²) in [5.74, 6) is -0.940. The molecule has 0 fully saturated rings. The van der Waals surface area contributed by atoms with Crippen LogP contribution in [-0.2, 0) is 28.6 Å². The standard InChI is InChI=1S/C55H90O6/c1-4-7-10-13-15-17-19-21-22-23-24-25-26-27-28-29-30-31-32-34-35-37-39-42-45-48-54(57)60-51-52(50-59-53(56)47-44-41-12-9-6-3)61-55(58)49-46-43-40-38-36-33-20-18-16-14-11-8-5-2/h7,10-11,14-15,17-18,20-22,24-25,27-28,30-31,52H,4-6,8-9,12-13,16,19,23,26,29,32-51H2,1-3H3/b10-7-,14-11-,17-15-,20-18-,22-21-,25-24-,28-27-,31-30-. The number of rotatable bonds is 43. The molecule has 6 nitrogen and oxygen atoms in total. The second-order valence-corrected chi connectivity index (χ2v) is 16.0. The first kappa shape index (κ1) is 57.3. The Kier molecular flexibility index (Phi) is 46.0. The van der Waals surface area contributed by atoms with E-state index >= 15 is 0 Å². The molecule has 6 heteroatoms. The third-order valence-electron chi connectivity index (χ3n) is 10.1. The molecule has 1 unspecified atom stereocenters. The van der Waals surface area contributed by atoms with Crippen LogP contribution in [0.1, 0.15) is 213 Å². The highest BCUT2D eigenvalue weighted by atomic mass is 16.6. The van der Waals surface area contributed by atoms with E-state index in [-0.39, 0.29) is 31.1 Å². The number of unbranched alkanes of at least 4 members (excludes halogenated alkanes) is 16. The summed E-state index contributed by atoms with van der Waals surface area (Å²) in [6, 6.07) is 0. The van der Waals surface area contributed by atoms with Crippen LogP contribution in [-0.4, -0.2) is 37.2 Å². The van der Waals surface area contributed by atoms with E-state index in [1.165, 1.54) is 25.7 Å². The molecule has 0 aromatic carbocycles. The largest absolute Gasteiger partial charge is 0.462 e. The van der Waals surface area contributed by atoms with Crippen molar-refractivity contribution in [1.82, 2.24) is 0 Å². The van der Waals surface area contributed by atoms with Crippen molar-refractivity contribution in [3.8, 4) is 0 Å². The Hall–Kier alpha value is -3.67. The quantitative estimate of drug-likeness (QED) is 0.0263. The van der Waals surface area contributed by atoms with E-state index in [2.05, 4.69) is 118 Å². The second kappa shape index (κ2) is 49.0. The maximum atomic E-state index is 12.7. The first-order chi connectivity index (χ1) is 30.0. The van der Waals surface area contributed by atoms with Crippen molar-refractivity contribution in [3.05, 3.63) is 97.2 Å². The fraction of sp³-hybridized carbons (Fsp3) is 0.655. The van der Waals surface area contributed by atoms with E-state index in [1.807, 2.05) is 0 Å². The number of carbonyl (C=O) groups excluding carboxylic acids is 3. The summed E-state index contributed by atoms with van der Waals surface area (Å²) in [6.07, 6.45) is 64.3. The van der Waals surface area contributed by atoms with Gasteiger partial charge in [0.05, 0.1) is 0 Å². The molecule has 0 rings (SSSR count). The van der Waals surface area contributed by atoms with Gasteiger partial charge in [0.1, 0.15) is 13.2 Å². The Bertz CT molecular complexity index is 1250. The fourth-order valence-corrected chi connectivity index (χ4v) is 6.36. The molecule has 0 heterocycles. The maximum absolute atomic E-state index is 12.7. The molecule has 0 aromatic rings. The van der Waals surface area contributed by atoms with Gasteiger partial charge in [-0.1, -0.05) is 195 Å². The van der Waals surface area contributed by atoms with Gasteiger partial charge < -0.3 is 14.2 Å². The molecule has 61 heavy (non-hydrogen) atoms. The van der Waals surface area contributed by atoms with E-state index in [0.29, 0.717) is 19.3 Å². The van der Waals surface area contributed by atoms with Gasteiger partial charge in [0.25, 0.3) is 0 Å². The third-order valence-corrected chi connectivity index (χ3v) is 10.1. The Morgan fingerprint density at radius 1 is 0.344 bits per heavy atom. The molecule has 0 saturated heterocycles. The number of hydrogen-bond donors (Lipinski definition) is 0. The van der Waals surface area contributed by atoms with Crippen molar-refractivity contribution in [3.63, 3.8) is 0 Å². The van der Waals surface area contributed by atoms with Crippen LogP contribution in [0.25, 0.3) is 0 Å². The molecular formula is C55H90O6. The molecule has 0 aliphatic rings. The molecular weight excluding hydrogens is 757 g/mol. The average Bonchev–Trinajstić information content (AvgIpc) is 3.26. The molecule has 346 valence electrons. The molecule has 0 N–H and O–H groups in total. The summed E-state index contributed by atoms with van der Waals surface area (Å²) < 4.78 is 16.6. The van der Waals surface area contributed by atoms with E-state index in [9.17, 15) is 14.4 Å². The van der Waals surface area contributed by atoms with E-state index in [1.54, 1.807) is 0 Å². The van der Waals surface area contributed by atoms with Crippen LogP contribution in [0.4, 0.5) is 0 Å². The van der Waals surface area contributed by atoms with E-state index in [0.717, 1.165) is 148 Å². The van der Waals surface area contributed by atoms with Gasteiger partial charge in [-0.05, 0) is 96.3 Å². The van der Waals surface area contributed by atoms with E-state index < -0.39 is 6.10 Å². The second-order valence-electron chi connectivity index (χ2n) is 16.0. The molecule has 0 bridgehead atoms. The minimum atomic E-state index is -0.787. The normalized spacial score (nSPS) is 12.9. The summed E-state index contributed by atoms with van der Waals surface area (Å²) >= 11 is 0. The van der Waals surface area contributed by atoms with Crippen LogP contribution in [0.3, 0.4) is 0 Å². The van der Waals surface area contributed by atoms with Crippen molar-refractivity contribution in [1.29, 1.82) is 0 Å². The van der Waals surface area contributed by atoms with Gasteiger partial charge in [-0.2, -0.15) is 0 Å². The number of ether oxygens (including phenoxy) is 3. The Morgan fingerprint density at radius 2 is 0.672 bits per heavy atom. The Morgan fingerprint density at radius 3 is 1.07 bits per heavy atom. The van der Waals surface area contributed by atoms with Gasteiger partial charge in [0, 0.05) is 19.3 Å². The van der Waals surface area contributed by atoms with Crippen LogP contribution >= 0.6 is 0 Å². The summed E-state index contributed by atoms with van der Waals surface area (Å²) in [6.45, 7) is 6.33.